The van der Waals surface area contributed by atoms with Crippen LogP contribution in [0.15, 0.2) is 101 Å². The van der Waals surface area contributed by atoms with Gasteiger partial charge in [-0.3, -0.25) is 14.9 Å². The third-order valence-corrected chi connectivity index (χ3v) is 11.1. The van der Waals surface area contributed by atoms with E-state index in [2.05, 4.69) is 16.0 Å². The molecule has 0 aliphatic heterocycles. The number of sulfonamides is 1. The minimum Gasteiger partial charge on any atom is -0.379 e. The van der Waals surface area contributed by atoms with Crippen LogP contribution in [0.3, 0.4) is 0 Å². The Bertz CT molecular complexity index is 2040. The zero-order valence-corrected chi connectivity index (χ0v) is 28.2. The van der Waals surface area contributed by atoms with Gasteiger partial charge < -0.3 is 9.88 Å². The molecule has 0 unspecified atom stereocenters. The smallest absolute Gasteiger partial charge is 0.293 e. The van der Waals surface area contributed by atoms with Crippen molar-refractivity contribution in [1.29, 1.82) is 0 Å². The van der Waals surface area contributed by atoms with Gasteiger partial charge in [-0.1, -0.05) is 55.7 Å². The predicted octanol–water partition coefficient (Wildman–Crippen LogP) is 7.82. The third-order valence-electron chi connectivity index (χ3n) is 8.72. The maximum atomic E-state index is 13.1. The van der Waals surface area contributed by atoms with Crippen molar-refractivity contribution in [3.8, 4) is 11.1 Å². The van der Waals surface area contributed by atoms with E-state index in [1.807, 2.05) is 54.1 Å². The molecule has 1 fully saturated rings. The Morgan fingerprint density at radius 3 is 2.42 bits per heavy atom. The van der Waals surface area contributed by atoms with Crippen LogP contribution in [0.2, 0.25) is 0 Å². The van der Waals surface area contributed by atoms with Gasteiger partial charge in [-0.2, -0.15) is 0 Å². The molecule has 1 amide bonds. The molecule has 0 radical (unpaired) electrons. The van der Waals surface area contributed by atoms with Crippen LogP contribution in [0.4, 0.5) is 11.4 Å². The second kappa shape index (κ2) is 14.6. The van der Waals surface area contributed by atoms with Gasteiger partial charge in [-0.25, -0.2) is 18.1 Å². The SMILES string of the molecule is Cc1nc2cc(-c3ccc(C(=O)NS(=O)(=O)c4ccc(NCCSc5ccccc5)c([N+](=O)[O-])c4)cc3)ccc2n1CC1CCCCC1. The van der Waals surface area contributed by atoms with Crippen LogP contribution < -0.4 is 10.0 Å². The topological polar surface area (TPSA) is 136 Å². The van der Waals surface area contributed by atoms with E-state index in [0.717, 1.165) is 45.5 Å². The molecule has 48 heavy (non-hydrogen) atoms. The van der Waals surface area contributed by atoms with Crippen molar-refractivity contribution in [2.24, 2.45) is 5.92 Å². The van der Waals surface area contributed by atoms with E-state index in [1.54, 1.807) is 36.0 Å². The summed E-state index contributed by atoms with van der Waals surface area (Å²) < 4.78 is 30.6. The summed E-state index contributed by atoms with van der Waals surface area (Å²) in [6.07, 6.45) is 6.44. The van der Waals surface area contributed by atoms with Crippen LogP contribution in [0.5, 0.6) is 0 Å². The maximum Gasteiger partial charge on any atom is 0.293 e. The Hall–Kier alpha value is -4.68. The average molecular weight is 684 g/mol. The van der Waals surface area contributed by atoms with E-state index in [0.29, 0.717) is 18.2 Å². The number of thioether (sulfide) groups is 1. The van der Waals surface area contributed by atoms with E-state index in [9.17, 15) is 23.3 Å². The molecule has 0 spiro atoms. The van der Waals surface area contributed by atoms with Crippen LogP contribution in [0.1, 0.15) is 48.3 Å². The first-order chi connectivity index (χ1) is 23.2. The molecule has 0 atom stereocenters. The second-order valence-corrected chi connectivity index (χ2v) is 14.9. The summed E-state index contributed by atoms with van der Waals surface area (Å²) in [5.41, 5.74) is 3.74. The molecule has 1 aliphatic carbocycles. The lowest BCUT2D eigenvalue weighted by atomic mass is 9.89. The molecule has 1 heterocycles. The van der Waals surface area contributed by atoms with Crippen LogP contribution in [-0.4, -0.2) is 41.1 Å². The Morgan fingerprint density at radius 2 is 1.69 bits per heavy atom. The van der Waals surface area contributed by atoms with E-state index >= 15 is 0 Å². The van der Waals surface area contributed by atoms with E-state index in [4.69, 9.17) is 4.98 Å². The largest absolute Gasteiger partial charge is 0.379 e. The molecule has 4 aromatic carbocycles. The van der Waals surface area contributed by atoms with Gasteiger partial charge in [-0.05, 0) is 85.3 Å². The highest BCUT2D eigenvalue weighted by molar-refractivity contribution is 7.99. The molecule has 1 saturated carbocycles. The van der Waals surface area contributed by atoms with Crippen LogP contribution >= 0.6 is 11.8 Å². The lowest BCUT2D eigenvalue weighted by Gasteiger charge is -2.22. The number of nitro groups is 1. The monoisotopic (exact) mass is 683 g/mol. The van der Waals surface area contributed by atoms with Crippen molar-refractivity contribution >= 4 is 50.1 Å². The molecular weight excluding hydrogens is 647 g/mol. The summed E-state index contributed by atoms with van der Waals surface area (Å²) in [7, 11) is -4.39. The lowest BCUT2D eigenvalue weighted by molar-refractivity contribution is -0.384. The number of anilines is 1. The summed E-state index contributed by atoms with van der Waals surface area (Å²) in [5.74, 6) is 1.49. The minimum absolute atomic E-state index is 0.139. The number of rotatable bonds is 12. The number of hydrogen-bond acceptors (Lipinski definition) is 8. The molecule has 248 valence electrons. The molecule has 5 aromatic rings. The molecule has 0 saturated heterocycles. The molecule has 1 aromatic heterocycles. The number of imidazole rings is 1. The van der Waals surface area contributed by atoms with Crippen molar-refractivity contribution < 1.29 is 18.1 Å². The molecule has 1 aliphatic rings. The van der Waals surface area contributed by atoms with Gasteiger partial charge in [-0.15, -0.1) is 11.8 Å². The van der Waals surface area contributed by atoms with E-state index < -0.39 is 26.5 Å². The highest BCUT2D eigenvalue weighted by Crippen LogP contribution is 2.31. The number of aryl methyl sites for hydroxylation is 1. The van der Waals surface area contributed by atoms with Gasteiger partial charge in [0.1, 0.15) is 11.5 Å². The van der Waals surface area contributed by atoms with Gasteiger partial charge in [0.2, 0.25) is 0 Å². The Balaban J connectivity index is 1.11. The van der Waals surface area contributed by atoms with Crippen LogP contribution in [0.25, 0.3) is 22.2 Å². The summed E-state index contributed by atoms with van der Waals surface area (Å²) in [5, 5.41) is 14.8. The highest BCUT2D eigenvalue weighted by Gasteiger charge is 2.24. The van der Waals surface area contributed by atoms with Gasteiger partial charge in [0.05, 0.1) is 20.9 Å². The number of amides is 1. The summed E-state index contributed by atoms with van der Waals surface area (Å²) in [4.78, 5) is 29.6. The van der Waals surface area contributed by atoms with Gasteiger partial charge >= 0.3 is 0 Å². The zero-order valence-electron chi connectivity index (χ0n) is 26.6. The third kappa shape index (κ3) is 7.71. The molecular formula is C36H37N5O5S2. The van der Waals surface area contributed by atoms with Crippen molar-refractivity contribution in [3.63, 3.8) is 0 Å². The summed E-state index contributed by atoms with van der Waals surface area (Å²) in [6, 6.07) is 26.1. The van der Waals surface area contributed by atoms with Crippen LogP contribution in [-0.2, 0) is 16.6 Å². The van der Waals surface area contributed by atoms with Gasteiger partial charge in [0, 0.05) is 35.4 Å². The van der Waals surface area contributed by atoms with Crippen molar-refractivity contribution in [3.05, 3.63) is 112 Å². The number of fused-ring (bicyclic) bond motifs is 1. The summed E-state index contributed by atoms with van der Waals surface area (Å²) in [6.45, 7) is 3.45. The van der Waals surface area contributed by atoms with Crippen molar-refractivity contribution in [2.45, 2.75) is 55.4 Å². The maximum absolute atomic E-state index is 13.1. The van der Waals surface area contributed by atoms with Crippen molar-refractivity contribution in [1.82, 2.24) is 14.3 Å². The highest BCUT2D eigenvalue weighted by atomic mass is 32.2. The lowest BCUT2D eigenvalue weighted by Crippen LogP contribution is -2.30. The molecule has 10 nitrogen and oxygen atoms in total. The number of nitrogens with one attached hydrogen (secondary N) is 2. The number of nitrogens with zero attached hydrogens (tertiary/aromatic N) is 3. The minimum atomic E-state index is -4.39. The average Bonchev–Trinajstić information content (AvgIpc) is 3.40. The molecule has 12 heteroatoms. The molecule has 0 bridgehead atoms. The fourth-order valence-corrected chi connectivity index (χ4v) is 7.98. The fourth-order valence-electron chi connectivity index (χ4n) is 6.19. The predicted molar refractivity (Wildman–Crippen MR) is 190 cm³/mol. The first-order valence-corrected chi connectivity index (χ1v) is 18.5. The normalized spacial score (nSPS) is 13.8. The van der Waals surface area contributed by atoms with E-state index in [-0.39, 0.29) is 16.1 Å². The van der Waals surface area contributed by atoms with Gasteiger partial charge in [0.15, 0.2) is 0 Å². The standard InChI is InChI=1S/C36H37N5O5S2/c1-25-38-33-22-29(16-19-34(33)40(25)24-26-8-4-2-5-9-26)27-12-14-28(15-13-27)36(42)39-48(45,46)31-17-18-32(35(23-31)41(43)44)37-20-21-47-30-10-6-3-7-11-30/h3,6-7,10-19,22-23,26,37H,2,4-5,8-9,20-21,24H2,1H3,(H,39,42). The molecule has 6 rings (SSSR count). The fraction of sp³-hybridized carbons (Fsp3) is 0.278. The Kier molecular flexibility index (Phi) is 10.1. The number of nitro benzene ring substituents is 1. The quantitative estimate of drug-likeness (QED) is 0.0588. The summed E-state index contributed by atoms with van der Waals surface area (Å²) >= 11 is 1.59. The first-order valence-electron chi connectivity index (χ1n) is 16.0. The van der Waals surface area contributed by atoms with Crippen LogP contribution in [0, 0.1) is 23.0 Å². The van der Waals surface area contributed by atoms with E-state index in [1.165, 1.54) is 44.2 Å². The number of benzene rings is 4. The van der Waals surface area contributed by atoms with Gasteiger partial charge in [0.25, 0.3) is 21.6 Å². The number of aromatic nitrogens is 2. The Morgan fingerprint density at radius 1 is 0.958 bits per heavy atom. The number of carbonyl (C=O) groups is 1. The zero-order chi connectivity index (χ0) is 33.7. The Labute approximate surface area is 284 Å². The number of carbonyl (C=O) groups excluding carboxylic acids is 1. The first kappa shape index (κ1) is 33.2. The molecule has 2 N–H and O–H groups in total. The number of hydrogen-bond donors (Lipinski definition) is 2. The second-order valence-electron chi connectivity index (χ2n) is 12.0. The van der Waals surface area contributed by atoms with Crippen molar-refractivity contribution in [2.75, 3.05) is 17.6 Å².